The van der Waals surface area contributed by atoms with E-state index in [9.17, 15) is 0 Å². The van der Waals surface area contributed by atoms with Crippen LogP contribution in [0.25, 0.3) is 0 Å². The molecule has 136 valence electrons. The Morgan fingerprint density at radius 3 is 2.92 bits per heavy atom. The van der Waals surface area contributed by atoms with Gasteiger partial charge in [0.15, 0.2) is 5.96 Å². The predicted octanol–water partition coefficient (Wildman–Crippen LogP) is 4.03. The van der Waals surface area contributed by atoms with Gasteiger partial charge in [-0.2, -0.15) is 0 Å². The van der Waals surface area contributed by atoms with Crippen molar-refractivity contribution in [2.24, 2.45) is 4.99 Å². The van der Waals surface area contributed by atoms with E-state index in [4.69, 9.17) is 9.73 Å². The van der Waals surface area contributed by atoms with E-state index in [0.29, 0.717) is 5.92 Å². The summed E-state index contributed by atoms with van der Waals surface area (Å²) >= 11 is 1.80. The number of halogens is 1. The molecule has 1 aliphatic heterocycles. The van der Waals surface area contributed by atoms with Gasteiger partial charge in [-0.1, -0.05) is 24.3 Å². The van der Waals surface area contributed by atoms with Crippen LogP contribution < -0.4 is 15.4 Å². The second-order valence-electron chi connectivity index (χ2n) is 5.85. The van der Waals surface area contributed by atoms with Crippen molar-refractivity contribution in [2.75, 3.05) is 26.2 Å². The van der Waals surface area contributed by atoms with Crippen molar-refractivity contribution in [1.29, 1.82) is 0 Å². The number of fused-ring (bicyclic) bond motifs is 1. The number of ether oxygens (including phenoxy) is 1. The Hall–Kier alpha value is -1.28. The van der Waals surface area contributed by atoms with Crippen LogP contribution >= 0.6 is 35.3 Å². The summed E-state index contributed by atoms with van der Waals surface area (Å²) < 4.78 is 5.74. The molecule has 1 unspecified atom stereocenters. The van der Waals surface area contributed by atoms with Crippen molar-refractivity contribution >= 4 is 41.3 Å². The van der Waals surface area contributed by atoms with Crippen LogP contribution in [0.3, 0.4) is 0 Å². The van der Waals surface area contributed by atoms with Crippen molar-refractivity contribution in [3.63, 3.8) is 0 Å². The highest BCUT2D eigenvalue weighted by Crippen LogP contribution is 2.33. The third-order valence-electron chi connectivity index (χ3n) is 4.14. The summed E-state index contributed by atoms with van der Waals surface area (Å²) in [6, 6.07) is 12.6. The van der Waals surface area contributed by atoms with Crippen LogP contribution in [0.4, 0.5) is 0 Å². The predicted molar refractivity (Wildman–Crippen MR) is 117 cm³/mol. The van der Waals surface area contributed by atoms with Gasteiger partial charge in [-0.05, 0) is 42.8 Å². The minimum absolute atomic E-state index is 0. The first-order valence-electron chi connectivity index (χ1n) is 8.63. The molecular weight excluding hydrogens is 445 g/mol. The molecule has 0 amide bonds. The average molecular weight is 471 g/mol. The molecule has 6 heteroatoms. The Bertz CT molecular complexity index is 660. The van der Waals surface area contributed by atoms with Crippen molar-refractivity contribution < 1.29 is 4.74 Å². The topological polar surface area (TPSA) is 45.7 Å². The maximum atomic E-state index is 5.74. The van der Waals surface area contributed by atoms with Gasteiger partial charge in [0, 0.05) is 30.4 Å². The van der Waals surface area contributed by atoms with E-state index < -0.39 is 0 Å². The number of rotatable bonds is 6. The molecule has 0 radical (unpaired) electrons. The van der Waals surface area contributed by atoms with Gasteiger partial charge in [0.2, 0.25) is 0 Å². The van der Waals surface area contributed by atoms with Gasteiger partial charge in [0.25, 0.3) is 0 Å². The largest absolute Gasteiger partial charge is 0.493 e. The molecule has 0 fully saturated rings. The molecule has 2 heterocycles. The van der Waals surface area contributed by atoms with E-state index in [0.717, 1.165) is 50.8 Å². The molecule has 1 aromatic heterocycles. The van der Waals surface area contributed by atoms with Gasteiger partial charge in [-0.15, -0.1) is 35.3 Å². The summed E-state index contributed by atoms with van der Waals surface area (Å²) in [5.74, 6) is 2.35. The lowest BCUT2D eigenvalue weighted by Crippen LogP contribution is -2.38. The minimum Gasteiger partial charge on any atom is -0.493 e. The molecule has 2 aromatic rings. The van der Waals surface area contributed by atoms with Crippen molar-refractivity contribution in [3.05, 3.63) is 52.2 Å². The Labute approximate surface area is 171 Å². The van der Waals surface area contributed by atoms with Crippen LogP contribution in [0.5, 0.6) is 5.75 Å². The zero-order chi connectivity index (χ0) is 16.6. The van der Waals surface area contributed by atoms with Crippen LogP contribution in [-0.4, -0.2) is 32.2 Å². The van der Waals surface area contributed by atoms with E-state index in [1.54, 1.807) is 11.3 Å². The zero-order valence-electron chi connectivity index (χ0n) is 14.5. The summed E-state index contributed by atoms with van der Waals surface area (Å²) in [4.78, 5) is 6.20. The number of aliphatic imine (C=N–C) groups is 1. The summed E-state index contributed by atoms with van der Waals surface area (Å²) in [5.41, 5.74) is 1.28. The molecule has 1 aliphatic rings. The lowest BCUT2D eigenvalue weighted by Gasteiger charge is -2.25. The highest BCUT2D eigenvalue weighted by molar-refractivity contribution is 14.0. The molecule has 0 saturated carbocycles. The molecule has 25 heavy (non-hydrogen) atoms. The van der Waals surface area contributed by atoms with Gasteiger partial charge in [0.1, 0.15) is 5.75 Å². The van der Waals surface area contributed by atoms with Crippen LogP contribution in [-0.2, 0) is 6.42 Å². The number of nitrogens with one attached hydrogen (secondary N) is 2. The molecule has 0 bridgehead atoms. The fourth-order valence-corrected chi connectivity index (χ4v) is 3.62. The van der Waals surface area contributed by atoms with Crippen LogP contribution in [0, 0.1) is 0 Å². The maximum absolute atomic E-state index is 5.74. The summed E-state index contributed by atoms with van der Waals surface area (Å²) in [7, 11) is 0. The first kappa shape index (κ1) is 20.0. The van der Waals surface area contributed by atoms with Crippen LogP contribution in [0.2, 0.25) is 0 Å². The third-order valence-corrected chi connectivity index (χ3v) is 5.08. The Balaban J connectivity index is 0.00000225. The third kappa shape index (κ3) is 5.88. The lowest BCUT2D eigenvalue weighted by molar-refractivity contribution is 0.269. The Morgan fingerprint density at radius 2 is 2.12 bits per heavy atom. The van der Waals surface area contributed by atoms with Gasteiger partial charge in [-0.25, -0.2) is 0 Å². The molecular formula is C19H26IN3OS. The second-order valence-corrected chi connectivity index (χ2v) is 6.88. The first-order valence-corrected chi connectivity index (χ1v) is 9.51. The monoisotopic (exact) mass is 471 g/mol. The fourth-order valence-electron chi connectivity index (χ4n) is 2.91. The zero-order valence-corrected chi connectivity index (χ0v) is 17.7. The van der Waals surface area contributed by atoms with E-state index in [1.165, 1.54) is 10.4 Å². The number of hydrogen-bond acceptors (Lipinski definition) is 3. The Morgan fingerprint density at radius 1 is 1.24 bits per heavy atom. The highest BCUT2D eigenvalue weighted by atomic mass is 127. The number of para-hydroxylation sites is 1. The van der Waals surface area contributed by atoms with E-state index in [2.05, 4.69) is 53.3 Å². The Kier molecular flexibility index (Phi) is 8.54. The fraction of sp³-hybridized carbons (Fsp3) is 0.421. The number of hydrogen-bond donors (Lipinski definition) is 2. The summed E-state index contributed by atoms with van der Waals surface area (Å²) in [5, 5.41) is 8.90. The first-order chi connectivity index (χ1) is 11.9. The summed E-state index contributed by atoms with van der Waals surface area (Å²) in [6.45, 7) is 5.43. The normalized spacial score (nSPS) is 16.4. The average Bonchev–Trinajstić information content (AvgIpc) is 3.13. The molecule has 3 rings (SSSR count). The molecule has 0 spiro atoms. The van der Waals surface area contributed by atoms with Crippen LogP contribution in [0.1, 0.15) is 29.7 Å². The lowest BCUT2D eigenvalue weighted by atomic mass is 9.93. The van der Waals surface area contributed by atoms with E-state index in [-0.39, 0.29) is 24.0 Å². The molecule has 0 aliphatic carbocycles. The quantitative estimate of drug-likeness (QED) is 0.380. The summed E-state index contributed by atoms with van der Waals surface area (Å²) in [6.07, 6.45) is 2.05. The van der Waals surface area contributed by atoms with E-state index in [1.807, 2.05) is 6.07 Å². The van der Waals surface area contributed by atoms with Gasteiger partial charge in [-0.3, -0.25) is 4.99 Å². The molecule has 1 aromatic carbocycles. The minimum atomic E-state index is 0. The molecule has 2 N–H and O–H groups in total. The SMILES string of the molecule is CCNC(=NCC1CCOc2ccccc21)NCCc1cccs1.I. The molecule has 4 nitrogen and oxygen atoms in total. The smallest absolute Gasteiger partial charge is 0.191 e. The number of nitrogens with zero attached hydrogens (tertiary/aromatic N) is 1. The van der Waals surface area contributed by atoms with Gasteiger partial charge < -0.3 is 15.4 Å². The van der Waals surface area contributed by atoms with Crippen molar-refractivity contribution in [1.82, 2.24) is 10.6 Å². The standard InChI is InChI=1S/C19H25N3OS.HI/c1-2-20-19(21-11-9-16-6-5-13-24-16)22-14-15-10-12-23-18-8-4-3-7-17(15)18;/h3-8,13,15H,2,9-12,14H2,1H3,(H2,20,21,22);1H. The number of thiophene rings is 1. The van der Waals surface area contributed by atoms with Crippen molar-refractivity contribution in [3.8, 4) is 5.75 Å². The van der Waals surface area contributed by atoms with Gasteiger partial charge >= 0.3 is 0 Å². The second kappa shape index (κ2) is 10.7. The molecule has 1 atom stereocenters. The maximum Gasteiger partial charge on any atom is 0.191 e. The van der Waals surface area contributed by atoms with Crippen LogP contribution in [0.15, 0.2) is 46.8 Å². The van der Waals surface area contributed by atoms with E-state index >= 15 is 0 Å². The highest BCUT2D eigenvalue weighted by Gasteiger charge is 2.20. The van der Waals surface area contributed by atoms with Gasteiger partial charge in [0.05, 0.1) is 6.61 Å². The number of guanidine groups is 1. The van der Waals surface area contributed by atoms with Crippen molar-refractivity contribution in [2.45, 2.75) is 25.7 Å². The number of benzene rings is 1. The molecule has 0 saturated heterocycles.